The second-order valence-corrected chi connectivity index (χ2v) is 3.91. The van der Waals surface area contributed by atoms with Crippen LogP contribution in [0.25, 0.3) is 0 Å². The maximum absolute atomic E-state index is 3.61. The van der Waals surface area contributed by atoms with Gasteiger partial charge in [0, 0.05) is 6.04 Å². The summed E-state index contributed by atoms with van der Waals surface area (Å²) < 4.78 is 0. The van der Waals surface area contributed by atoms with Gasteiger partial charge in [0.05, 0.1) is 0 Å². The van der Waals surface area contributed by atoms with Crippen LogP contribution in [0.2, 0.25) is 0 Å². The molecule has 0 rings (SSSR count). The van der Waals surface area contributed by atoms with Gasteiger partial charge in [-0.25, -0.2) is 0 Å². The van der Waals surface area contributed by atoms with Gasteiger partial charge in [0.15, 0.2) is 0 Å². The molecule has 0 aliphatic rings. The lowest BCUT2D eigenvalue weighted by Crippen LogP contribution is -2.23. The van der Waals surface area contributed by atoms with Crippen molar-refractivity contribution in [3.05, 3.63) is 24.1 Å². The topological polar surface area (TPSA) is 12.0 Å². The quantitative estimate of drug-likeness (QED) is 0.483. The number of allylic oxidation sites excluding steroid dienone is 2. The van der Waals surface area contributed by atoms with Crippen LogP contribution in [0.15, 0.2) is 24.1 Å². The molecule has 0 radical (unpaired) electrons. The van der Waals surface area contributed by atoms with E-state index in [2.05, 4.69) is 31.2 Å². The Morgan fingerprint density at radius 1 is 1.50 bits per heavy atom. The molecule has 12 heavy (non-hydrogen) atoms. The molecule has 0 unspecified atom stereocenters. The maximum Gasteiger partial charge on any atom is 0.00103 e. The van der Waals surface area contributed by atoms with Crippen LogP contribution in [0.5, 0.6) is 0 Å². The Balaban J connectivity index is 3.00. The molecule has 0 aromatic carbocycles. The molecule has 0 saturated carbocycles. The highest BCUT2D eigenvalue weighted by Crippen LogP contribution is 2.03. The average molecular weight is 185 g/mol. The summed E-state index contributed by atoms with van der Waals surface area (Å²) in [7, 11) is 0. The molecule has 1 N–H and O–H groups in total. The minimum Gasteiger partial charge on any atom is -0.315 e. The van der Waals surface area contributed by atoms with Crippen molar-refractivity contribution in [1.29, 1.82) is 0 Å². The zero-order valence-electron chi connectivity index (χ0n) is 8.05. The fraction of sp³-hybridized carbons (Fsp3) is 0.600. The van der Waals surface area contributed by atoms with Crippen molar-refractivity contribution in [1.82, 2.24) is 5.32 Å². The Bertz CT molecular complexity index is 130. The third-order valence-corrected chi connectivity index (χ3v) is 2.18. The van der Waals surface area contributed by atoms with Crippen LogP contribution in [-0.2, 0) is 0 Å². The van der Waals surface area contributed by atoms with E-state index in [0.29, 0.717) is 6.04 Å². The van der Waals surface area contributed by atoms with Gasteiger partial charge in [-0.1, -0.05) is 32.6 Å². The molecular weight excluding hydrogens is 166 g/mol. The highest BCUT2D eigenvalue weighted by Gasteiger charge is 1.90. The summed E-state index contributed by atoms with van der Waals surface area (Å²) in [5.74, 6) is 1.18. The van der Waals surface area contributed by atoms with Gasteiger partial charge in [-0.05, 0) is 24.1 Å². The van der Waals surface area contributed by atoms with Crippen molar-refractivity contribution in [2.45, 2.75) is 26.3 Å². The first-order chi connectivity index (χ1) is 5.77. The zero-order valence-corrected chi connectivity index (χ0v) is 8.86. The third kappa shape index (κ3) is 9.79. The molecule has 0 amide bonds. The molecule has 70 valence electrons. The summed E-state index contributed by atoms with van der Waals surface area (Å²) in [5.41, 5.74) is 0. The lowest BCUT2D eigenvalue weighted by Gasteiger charge is -2.05. The number of thioether (sulfide) groups is 1. The normalized spacial score (nSPS) is 11.2. The third-order valence-electron chi connectivity index (χ3n) is 1.30. The molecule has 0 fully saturated rings. The van der Waals surface area contributed by atoms with Crippen LogP contribution in [-0.4, -0.2) is 18.3 Å². The van der Waals surface area contributed by atoms with Crippen molar-refractivity contribution in [2.75, 3.05) is 12.3 Å². The number of hydrogen-bond acceptors (Lipinski definition) is 2. The summed E-state index contributed by atoms with van der Waals surface area (Å²) in [6.45, 7) is 9.07. The van der Waals surface area contributed by atoms with Crippen LogP contribution in [0, 0.1) is 0 Å². The maximum atomic E-state index is 3.61. The van der Waals surface area contributed by atoms with Gasteiger partial charge >= 0.3 is 0 Å². The molecule has 0 aromatic rings. The van der Waals surface area contributed by atoms with Crippen molar-refractivity contribution in [3.63, 3.8) is 0 Å². The SMILES string of the molecule is C=C/C=C\SCCCNC(C)C. The first-order valence-corrected chi connectivity index (χ1v) is 5.44. The lowest BCUT2D eigenvalue weighted by atomic mass is 10.4. The number of rotatable bonds is 7. The van der Waals surface area contributed by atoms with Gasteiger partial charge in [0.1, 0.15) is 0 Å². The van der Waals surface area contributed by atoms with E-state index in [0.717, 1.165) is 6.54 Å². The van der Waals surface area contributed by atoms with Gasteiger partial charge < -0.3 is 5.32 Å². The minimum atomic E-state index is 0.610. The predicted molar refractivity (Wildman–Crippen MR) is 59.6 cm³/mol. The van der Waals surface area contributed by atoms with Gasteiger partial charge in [0.2, 0.25) is 0 Å². The van der Waals surface area contributed by atoms with Gasteiger partial charge in [0.25, 0.3) is 0 Å². The summed E-state index contributed by atoms with van der Waals surface area (Å²) in [6, 6.07) is 0.610. The highest BCUT2D eigenvalue weighted by molar-refractivity contribution is 8.02. The van der Waals surface area contributed by atoms with E-state index in [1.807, 2.05) is 17.8 Å². The predicted octanol–water partition coefficient (Wildman–Crippen LogP) is 2.81. The molecule has 0 aromatic heterocycles. The fourth-order valence-electron chi connectivity index (χ4n) is 0.725. The summed E-state index contributed by atoms with van der Waals surface area (Å²) >= 11 is 1.84. The second kappa shape index (κ2) is 8.88. The first-order valence-electron chi connectivity index (χ1n) is 4.40. The molecule has 0 aliphatic carbocycles. The minimum absolute atomic E-state index is 0.610. The molecule has 1 nitrogen and oxygen atoms in total. The smallest absolute Gasteiger partial charge is 0.00103 e. The molecular formula is C10H19NS. The Morgan fingerprint density at radius 3 is 2.83 bits per heavy atom. The Hall–Kier alpha value is -0.210. The van der Waals surface area contributed by atoms with Gasteiger partial charge in [-0.15, -0.1) is 11.8 Å². The molecule has 0 saturated heterocycles. The van der Waals surface area contributed by atoms with Crippen LogP contribution >= 0.6 is 11.8 Å². The van der Waals surface area contributed by atoms with Crippen molar-refractivity contribution >= 4 is 11.8 Å². The first kappa shape index (κ1) is 11.8. The van der Waals surface area contributed by atoms with E-state index in [9.17, 15) is 0 Å². The Morgan fingerprint density at radius 2 is 2.25 bits per heavy atom. The van der Waals surface area contributed by atoms with Crippen LogP contribution in [0.1, 0.15) is 20.3 Å². The van der Waals surface area contributed by atoms with Crippen LogP contribution < -0.4 is 5.32 Å². The molecule has 0 spiro atoms. The molecule has 0 bridgehead atoms. The van der Waals surface area contributed by atoms with E-state index in [-0.39, 0.29) is 0 Å². The van der Waals surface area contributed by atoms with Crippen molar-refractivity contribution in [3.8, 4) is 0 Å². The van der Waals surface area contributed by atoms with Crippen LogP contribution in [0.4, 0.5) is 0 Å². The molecule has 0 aliphatic heterocycles. The van der Waals surface area contributed by atoms with Crippen molar-refractivity contribution < 1.29 is 0 Å². The average Bonchev–Trinajstić information content (AvgIpc) is 2.02. The highest BCUT2D eigenvalue weighted by atomic mass is 32.2. The van der Waals surface area contributed by atoms with E-state index in [1.54, 1.807) is 6.08 Å². The van der Waals surface area contributed by atoms with E-state index in [1.165, 1.54) is 12.2 Å². The van der Waals surface area contributed by atoms with E-state index < -0.39 is 0 Å². The summed E-state index contributed by atoms with van der Waals surface area (Å²) in [5, 5.41) is 5.46. The van der Waals surface area contributed by atoms with Crippen molar-refractivity contribution in [2.24, 2.45) is 0 Å². The standard InChI is InChI=1S/C10H19NS/c1-4-5-8-12-9-6-7-11-10(2)3/h4-5,8,10-11H,1,6-7,9H2,2-3H3/b8-5-. The summed E-state index contributed by atoms with van der Waals surface area (Å²) in [6.07, 6.45) is 5.00. The monoisotopic (exact) mass is 185 g/mol. The second-order valence-electron chi connectivity index (χ2n) is 2.90. The van der Waals surface area contributed by atoms with E-state index in [4.69, 9.17) is 0 Å². The fourth-order valence-corrected chi connectivity index (χ4v) is 1.39. The Labute approximate surface area is 80.3 Å². The summed E-state index contributed by atoms with van der Waals surface area (Å²) in [4.78, 5) is 0. The largest absolute Gasteiger partial charge is 0.315 e. The van der Waals surface area contributed by atoms with Crippen LogP contribution in [0.3, 0.4) is 0 Å². The molecule has 0 heterocycles. The van der Waals surface area contributed by atoms with Gasteiger partial charge in [-0.2, -0.15) is 0 Å². The number of nitrogens with one attached hydrogen (secondary N) is 1. The molecule has 0 atom stereocenters. The zero-order chi connectivity index (χ0) is 9.23. The lowest BCUT2D eigenvalue weighted by molar-refractivity contribution is 0.586. The number of hydrogen-bond donors (Lipinski definition) is 1. The molecule has 2 heteroatoms. The van der Waals surface area contributed by atoms with E-state index >= 15 is 0 Å². The Kier molecular flexibility index (Phi) is 8.73. The van der Waals surface area contributed by atoms with Gasteiger partial charge in [-0.3, -0.25) is 0 Å².